The van der Waals surface area contributed by atoms with Crippen molar-refractivity contribution in [3.8, 4) is 0 Å². The Morgan fingerprint density at radius 3 is 2.64 bits per heavy atom. The van der Waals surface area contributed by atoms with Crippen molar-refractivity contribution in [2.24, 2.45) is 0 Å². The highest BCUT2D eigenvalue weighted by molar-refractivity contribution is 7.18. The number of fused-ring (bicyclic) bond motifs is 1. The van der Waals surface area contributed by atoms with Gasteiger partial charge in [0.15, 0.2) is 0 Å². The lowest BCUT2D eigenvalue weighted by Crippen LogP contribution is -2.51. The maximum Gasteiger partial charge on any atom is 0.220 e. The van der Waals surface area contributed by atoms with Gasteiger partial charge in [-0.05, 0) is 51.9 Å². The summed E-state index contributed by atoms with van der Waals surface area (Å²) in [7, 11) is 0. The minimum atomic E-state index is -0.186. The Labute approximate surface area is 154 Å². The van der Waals surface area contributed by atoms with E-state index in [4.69, 9.17) is 0 Å². The van der Waals surface area contributed by atoms with Crippen LogP contribution in [0.2, 0.25) is 0 Å². The molecule has 2 aromatic rings. The maximum absolute atomic E-state index is 12.4. The van der Waals surface area contributed by atoms with Crippen molar-refractivity contribution in [2.75, 3.05) is 19.6 Å². The van der Waals surface area contributed by atoms with Gasteiger partial charge in [-0.25, -0.2) is 4.98 Å². The smallest absolute Gasteiger partial charge is 0.220 e. The van der Waals surface area contributed by atoms with Crippen molar-refractivity contribution in [1.29, 1.82) is 0 Å². The van der Waals surface area contributed by atoms with E-state index in [2.05, 4.69) is 35.1 Å². The summed E-state index contributed by atoms with van der Waals surface area (Å²) in [5.74, 6) is 0.124. The molecule has 0 radical (unpaired) electrons. The number of aromatic nitrogens is 1. The second-order valence-corrected chi connectivity index (χ2v) is 8.81. The molecule has 4 nitrogen and oxygen atoms in total. The van der Waals surface area contributed by atoms with Crippen LogP contribution >= 0.6 is 11.3 Å². The fourth-order valence-corrected chi connectivity index (χ4v) is 4.55. The molecule has 136 valence electrons. The quantitative estimate of drug-likeness (QED) is 0.848. The molecule has 1 amide bonds. The van der Waals surface area contributed by atoms with Crippen LogP contribution in [-0.2, 0) is 11.2 Å². The molecule has 1 N–H and O–H groups in total. The van der Waals surface area contributed by atoms with Gasteiger partial charge in [0.2, 0.25) is 5.91 Å². The molecular weight excluding hydrogens is 330 g/mol. The van der Waals surface area contributed by atoms with Crippen molar-refractivity contribution in [2.45, 2.75) is 57.9 Å². The molecule has 1 fully saturated rings. The first-order valence-electron chi connectivity index (χ1n) is 9.40. The van der Waals surface area contributed by atoms with Crippen LogP contribution in [0.3, 0.4) is 0 Å². The third-order valence-corrected chi connectivity index (χ3v) is 5.80. The lowest BCUT2D eigenvalue weighted by Gasteiger charge is -2.33. The van der Waals surface area contributed by atoms with Crippen LogP contribution < -0.4 is 5.32 Å². The Bertz CT molecular complexity index is 669. The van der Waals surface area contributed by atoms with Crippen molar-refractivity contribution < 1.29 is 4.79 Å². The highest BCUT2D eigenvalue weighted by atomic mass is 32.1. The number of hydrogen-bond donors (Lipinski definition) is 1. The number of aryl methyl sites for hydroxylation is 1. The third kappa shape index (κ3) is 5.51. The molecule has 1 aliphatic rings. The molecule has 2 heterocycles. The summed E-state index contributed by atoms with van der Waals surface area (Å²) in [4.78, 5) is 19.5. The molecule has 1 saturated heterocycles. The second-order valence-electron chi connectivity index (χ2n) is 7.70. The van der Waals surface area contributed by atoms with Gasteiger partial charge in [-0.3, -0.25) is 4.79 Å². The topological polar surface area (TPSA) is 45.2 Å². The summed E-state index contributed by atoms with van der Waals surface area (Å²) in [5, 5.41) is 4.27. The molecule has 0 spiro atoms. The van der Waals surface area contributed by atoms with Crippen LogP contribution in [0.5, 0.6) is 0 Å². The van der Waals surface area contributed by atoms with Gasteiger partial charge in [-0.1, -0.05) is 25.0 Å². The highest BCUT2D eigenvalue weighted by Crippen LogP contribution is 2.22. The third-order valence-electron chi connectivity index (χ3n) is 4.70. The first kappa shape index (κ1) is 18.3. The van der Waals surface area contributed by atoms with E-state index in [-0.39, 0.29) is 11.4 Å². The van der Waals surface area contributed by atoms with Crippen LogP contribution in [0.25, 0.3) is 10.2 Å². The Balaban J connectivity index is 1.48. The fourth-order valence-electron chi connectivity index (χ4n) is 3.58. The Morgan fingerprint density at radius 2 is 1.92 bits per heavy atom. The van der Waals surface area contributed by atoms with Crippen LogP contribution in [0.4, 0.5) is 0 Å². The number of hydrogen-bond acceptors (Lipinski definition) is 4. The zero-order valence-electron chi connectivity index (χ0n) is 15.4. The molecule has 0 unspecified atom stereocenters. The number of nitrogens with one attached hydrogen (secondary N) is 1. The van der Waals surface area contributed by atoms with E-state index in [0.717, 1.165) is 30.2 Å². The van der Waals surface area contributed by atoms with Crippen LogP contribution in [-0.4, -0.2) is 41.0 Å². The van der Waals surface area contributed by atoms with Gasteiger partial charge in [0.1, 0.15) is 0 Å². The minimum Gasteiger partial charge on any atom is -0.350 e. The normalized spacial score (nSPS) is 16.7. The van der Waals surface area contributed by atoms with Crippen molar-refractivity contribution in [3.05, 3.63) is 29.3 Å². The number of para-hydroxylation sites is 1. The molecule has 0 bridgehead atoms. The maximum atomic E-state index is 12.4. The van der Waals surface area contributed by atoms with E-state index >= 15 is 0 Å². The average Bonchev–Trinajstić information content (AvgIpc) is 2.81. The van der Waals surface area contributed by atoms with E-state index in [9.17, 15) is 4.79 Å². The first-order valence-corrected chi connectivity index (χ1v) is 10.2. The van der Waals surface area contributed by atoms with Gasteiger partial charge in [-0.15, -0.1) is 11.3 Å². The summed E-state index contributed by atoms with van der Waals surface area (Å²) < 4.78 is 1.19. The molecule has 5 heteroatoms. The van der Waals surface area contributed by atoms with Crippen molar-refractivity contribution in [3.63, 3.8) is 0 Å². The fraction of sp³-hybridized carbons (Fsp3) is 0.600. The Hall–Kier alpha value is -1.46. The van der Waals surface area contributed by atoms with Crippen molar-refractivity contribution >= 4 is 27.5 Å². The Morgan fingerprint density at radius 1 is 1.20 bits per heavy atom. The van der Waals surface area contributed by atoms with Gasteiger partial charge in [0.25, 0.3) is 0 Å². The summed E-state index contributed by atoms with van der Waals surface area (Å²) in [6, 6.07) is 8.15. The van der Waals surface area contributed by atoms with E-state index in [1.165, 1.54) is 30.4 Å². The van der Waals surface area contributed by atoms with Gasteiger partial charge in [0.05, 0.1) is 15.2 Å². The van der Waals surface area contributed by atoms with Gasteiger partial charge in [-0.2, -0.15) is 0 Å². The lowest BCUT2D eigenvalue weighted by molar-refractivity contribution is -0.122. The second kappa shape index (κ2) is 8.28. The SMILES string of the molecule is CC(C)(CN1CCCCCC1)NC(=O)CCc1nc2ccccc2s1. The van der Waals surface area contributed by atoms with Crippen molar-refractivity contribution in [1.82, 2.24) is 15.2 Å². The average molecular weight is 360 g/mol. The number of thiazole rings is 1. The van der Waals surface area contributed by atoms with E-state index in [0.29, 0.717) is 12.8 Å². The van der Waals surface area contributed by atoms with Gasteiger partial charge < -0.3 is 10.2 Å². The summed E-state index contributed by atoms with van der Waals surface area (Å²) in [6.45, 7) is 7.51. The number of carbonyl (C=O) groups is 1. The summed E-state index contributed by atoms with van der Waals surface area (Å²) in [5.41, 5.74) is 0.846. The molecule has 25 heavy (non-hydrogen) atoms. The van der Waals surface area contributed by atoms with E-state index in [1.54, 1.807) is 11.3 Å². The minimum absolute atomic E-state index is 0.124. The molecular formula is C20H29N3OS. The summed E-state index contributed by atoms with van der Waals surface area (Å²) in [6.07, 6.45) is 6.45. The predicted octanol–water partition coefficient (Wildman–Crippen LogP) is 4.00. The molecule has 0 aliphatic carbocycles. The molecule has 0 atom stereocenters. The lowest BCUT2D eigenvalue weighted by atomic mass is 10.0. The molecule has 1 aromatic heterocycles. The standard InChI is InChI=1S/C20H29N3OS/c1-20(2,15-23-13-7-3-4-8-14-23)22-18(24)11-12-19-21-16-9-5-6-10-17(16)25-19/h5-6,9-10H,3-4,7-8,11-15H2,1-2H3,(H,22,24). The molecule has 1 aliphatic heterocycles. The first-order chi connectivity index (χ1) is 12.0. The zero-order chi connectivity index (χ0) is 17.7. The monoisotopic (exact) mass is 359 g/mol. The number of likely N-dealkylation sites (tertiary alicyclic amines) is 1. The number of amides is 1. The predicted molar refractivity (Wildman–Crippen MR) is 105 cm³/mol. The number of nitrogens with zero attached hydrogens (tertiary/aromatic N) is 2. The zero-order valence-corrected chi connectivity index (χ0v) is 16.2. The van der Waals surface area contributed by atoms with Gasteiger partial charge >= 0.3 is 0 Å². The van der Waals surface area contributed by atoms with Crippen LogP contribution in [0.1, 0.15) is 51.0 Å². The van der Waals surface area contributed by atoms with E-state index < -0.39 is 0 Å². The van der Waals surface area contributed by atoms with Gasteiger partial charge in [0, 0.05) is 24.9 Å². The molecule has 3 rings (SSSR count). The number of rotatable bonds is 6. The molecule has 0 saturated carbocycles. The number of benzene rings is 1. The Kier molecular flexibility index (Phi) is 6.07. The molecule has 1 aromatic carbocycles. The highest BCUT2D eigenvalue weighted by Gasteiger charge is 2.24. The van der Waals surface area contributed by atoms with Crippen LogP contribution in [0, 0.1) is 0 Å². The van der Waals surface area contributed by atoms with Crippen LogP contribution in [0.15, 0.2) is 24.3 Å². The van der Waals surface area contributed by atoms with E-state index in [1.807, 2.05) is 18.2 Å². The largest absolute Gasteiger partial charge is 0.350 e. The number of carbonyl (C=O) groups excluding carboxylic acids is 1. The summed E-state index contributed by atoms with van der Waals surface area (Å²) >= 11 is 1.69.